The Morgan fingerprint density at radius 3 is 2.00 bits per heavy atom. The van der Waals surface area contributed by atoms with Gasteiger partial charge >= 0.3 is 0 Å². The zero-order valence-corrected chi connectivity index (χ0v) is 11.1. The maximum absolute atomic E-state index is 4.25. The Morgan fingerprint density at radius 1 is 1.23 bits per heavy atom. The second kappa shape index (κ2) is 22.7. The van der Waals surface area contributed by atoms with Crippen LogP contribution in [0.3, 0.4) is 0 Å². The van der Waals surface area contributed by atoms with Crippen molar-refractivity contribution in [3.8, 4) is 0 Å². The quantitative estimate of drug-likeness (QED) is 0.432. The van der Waals surface area contributed by atoms with E-state index in [0.29, 0.717) is 0 Å². The molecule has 0 heterocycles. The Kier molecular flexibility index (Phi) is 32.6. The molecule has 13 heavy (non-hydrogen) atoms. The van der Waals surface area contributed by atoms with Crippen molar-refractivity contribution in [2.24, 2.45) is 4.99 Å². The van der Waals surface area contributed by atoms with E-state index in [9.17, 15) is 0 Å². The fourth-order valence-electron chi connectivity index (χ4n) is 0.449. The van der Waals surface area contributed by atoms with Crippen molar-refractivity contribution in [3.05, 3.63) is 0 Å². The third kappa shape index (κ3) is 24.5. The zero-order valence-electron chi connectivity index (χ0n) is 10.3. The van der Waals surface area contributed by atoms with Crippen molar-refractivity contribution >= 4 is 17.0 Å². The van der Waals surface area contributed by atoms with Crippen LogP contribution in [-0.2, 0) is 0 Å². The normalized spacial score (nSPS) is 9.31. The summed E-state index contributed by atoms with van der Waals surface area (Å²) in [4.78, 5) is 4.25. The molecule has 3 heteroatoms. The van der Waals surface area contributed by atoms with E-state index in [0.717, 1.165) is 18.0 Å². The Hall–Kier alpha value is -0.0200. The van der Waals surface area contributed by atoms with Crippen molar-refractivity contribution in [1.29, 1.82) is 0 Å². The molecule has 0 aromatic carbocycles. The SMILES string of the molecule is CC.CC.CCCN=C(C)SNC. The first-order chi connectivity index (χ1) is 6.31. The minimum atomic E-state index is 0.945. The first kappa shape index (κ1) is 18.7. The van der Waals surface area contributed by atoms with Crippen LogP contribution in [0.2, 0.25) is 0 Å². The van der Waals surface area contributed by atoms with E-state index in [4.69, 9.17) is 0 Å². The van der Waals surface area contributed by atoms with Crippen LogP contribution in [-0.4, -0.2) is 18.6 Å². The largest absolute Gasteiger partial charge is 0.282 e. The van der Waals surface area contributed by atoms with Crippen molar-refractivity contribution in [3.63, 3.8) is 0 Å². The summed E-state index contributed by atoms with van der Waals surface area (Å²) in [5, 5.41) is 1.11. The lowest BCUT2D eigenvalue weighted by molar-refractivity contribution is 0.934. The molecule has 1 N–H and O–H groups in total. The molecule has 0 aliphatic rings. The van der Waals surface area contributed by atoms with Gasteiger partial charge in [0.05, 0.1) is 5.04 Å². The molecule has 0 radical (unpaired) electrons. The van der Waals surface area contributed by atoms with Gasteiger partial charge in [0.15, 0.2) is 0 Å². The molecule has 0 rings (SSSR count). The maximum atomic E-state index is 4.25. The molecule has 82 valence electrons. The van der Waals surface area contributed by atoms with E-state index in [1.807, 2.05) is 41.7 Å². The van der Waals surface area contributed by atoms with Gasteiger partial charge in [-0.3, -0.25) is 9.71 Å². The van der Waals surface area contributed by atoms with Crippen molar-refractivity contribution in [2.45, 2.75) is 48.0 Å². The van der Waals surface area contributed by atoms with Gasteiger partial charge in [-0.15, -0.1) is 0 Å². The summed E-state index contributed by atoms with van der Waals surface area (Å²) in [6, 6.07) is 0. The lowest BCUT2D eigenvalue weighted by Crippen LogP contribution is -1.97. The van der Waals surface area contributed by atoms with Gasteiger partial charge in [-0.05, 0) is 32.3 Å². The van der Waals surface area contributed by atoms with Crippen molar-refractivity contribution in [2.75, 3.05) is 13.6 Å². The molecular formula is C10H26N2S. The number of hydrogen-bond donors (Lipinski definition) is 1. The number of nitrogens with one attached hydrogen (secondary N) is 1. The van der Waals surface area contributed by atoms with E-state index >= 15 is 0 Å². The van der Waals surface area contributed by atoms with Gasteiger partial charge in [0.2, 0.25) is 0 Å². The Labute approximate surface area is 88.7 Å². The average molecular weight is 206 g/mol. The van der Waals surface area contributed by atoms with E-state index in [1.54, 1.807) is 11.9 Å². The highest BCUT2D eigenvalue weighted by Gasteiger charge is 1.85. The number of nitrogens with zero attached hydrogens (tertiary/aromatic N) is 1. The standard InChI is InChI=1S/C6H14N2S.2C2H6/c1-4-5-8-6(2)9-7-3;2*1-2/h7H,4-5H2,1-3H3;2*1-2H3. The molecule has 0 aromatic heterocycles. The summed E-state index contributed by atoms with van der Waals surface area (Å²) in [6.45, 7) is 13.1. The van der Waals surface area contributed by atoms with Crippen LogP contribution in [0.25, 0.3) is 0 Å². The molecule has 0 fully saturated rings. The topological polar surface area (TPSA) is 24.4 Å². The van der Waals surface area contributed by atoms with Crippen LogP contribution >= 0.6 is 11.9 Å². The van der Waals surface area contributed by atoms with Crippen LogP contribution in [0.1, 0.15) is 48.0 Å². The summed E-state index contributed by atoms with van der Waals surface area (Å²) in [6.07, 6.45) is 1.13. The summed E-state index contributed by atoms with van der Waals surface area (Å²) in [7, 11) is 1.90. The first-order valence-corrected chi connectivity index (χ1v) is 5.97. The van der Waals surface area contributed by atoms with Crippen LogP contribution in [0.15, 0.2) is 4.99 Å². The second-order valence-electron chi connectivity index (χ2n) is 1.71. The molecule has 2 nitrogen and oxygen atoms in total. The van der Waals surface area contributed by atoms with Gasteiger partial charge in [-0.1, -0.05) is 34.6 Å². The number of hydrogen-bond acceptors (Lipinski definition) is 3. The predicted molar refractivity (Wildman–Crippen MR) is 67.6 cm³/mol. The van der Waals surface area contributed by atoms with Gasteiger partial charge in [0, 0.05) is 6.54 Å². The third-order valence-corrected chi connectivity index (χ3v) is 1.44. The van der Waals surface area contributed by atoms with Gasteiger partial charge in [0.25, 0.3) is 0 Å². The molecule has 0 saturated heterocycles. The van der Waals surface area contributed by atoms with Gasteiger partial charge in [-0.25, -0.2) is 0 Å². The number of rotatable bonds is 3. The average Bonchev–Trinajstić information content (AvgIpc) is 2.21. The summed E-state index contributed by atoms with van der Waals surface area (Å²) in [5.41, 5.74) is 0. The van der Waals surface area contributed by atoms with E-state index in [1.165, 1.54) is 0 Å². The smallest absolute Gasteiger partial charge is 0.0795 e. The van der Waals surface area contributed by atoms with Crippen LogP contribution in [0.5, 0.6) is 0 Å². The molecule has 0 aliphatic heterocycles. The predicted octanol–water partition coefficient (Wildman–Crippen LogP) is 3.73. The molecular weight excluding hydrogens is 180 g/mol. The highest BCUT2D eigenvalue weighted by molar-refractivity contribution is 8.12. The van der Waals surface area contributed by atoms with Gasteiger partial charge in [-0.2, -0.15) is 0 Å². The molecule has 0 unspecified atom stereocenters. The van der Waals surface area contributed by atoms with Crippen molar-refractivity contribution in [1.82, 2.24) is 4.72 Å². The fourth-order valence-corrected chi connectivity index (χ4v) is 0.900. The van der Waals surface area contributed by atoms with Crippen LogP contribution < -0.4 is 4.72 Å². The molecule has 0 aliphatic carbocycles. The second-order valence-corrected chi connectivity index (χ2v) is 2.91. The highest BCUT2D eigenvalue weighted by Crippen LogP contribution is 1.95. The van der Waals surface area contributed by atoms with E-state index < -0.39 is 0 Å². The first-order valence-electron chi connectivity index (χ1n) is 5.16. The monoisotopic (exact) mass is 206 g/mol. The summed E-state index contributed by atoms with van der Waals surface area (Å²) >= 11 is 1.57. The Morgan fingerprint density at radius 2 is 1.69 bits per heavy atom. The van der Waals surface area contributed by atoms with Crippen LogP contribution in [0, 0.1) is 0 Å². The van der Waals surface area contributed by atoms with Gasteiger partial charge in [0.1, 0.15) is 0 Å². The fraction of sp³-hybridized carbons (Fsp3) is 0.900. The summed E-state index contributed by atoms with van der Waals surface area (Å²) in [5.74, 6) is 0. The highest BCUT2D eigenvalue weighted by atomic mass is 32.2. The lowest BCUT2D eigenvalue weighted by atomic mass is 10.5. The number of aliphatic imine (C=N–C) groups is 1. The minimum absolute atomic E-state index is 0.945. The Balaban J connectivity index is -0.000000218. The molecule has 0 spiro atoms. The molecule has 0 atom stereocenters. The zero-order chi connectivity index (χ0) is 11.1. The van der Waals surface area contributed by atoms with E-state index in [-0.39, 0.29) is 0 Å². The molecule has 0 amide bonds. The molecule has 0 bridgehead atoms. The molecule has 0 saturated carbocycles. The van der Waals surface area contributed by atoms with Gasteiger partial charge < -0.3 is 0 Å². The van der Waals surface area contributed by atoms with Crippen LogP contribution in [0.4, 0.5) is 0 Å². The Bertz CT molecular complexity index is 92.9. The third-order valence-electron chi connectivity index (χ3n) is 0.808. The lowest BCUT2D eigenvalue weighted by Gasteiger charge is -1.95. The minimum Gasteiger partial charge on any atom is -0.282 e. The molecule has 0 aromatic rings. The summed E-state index contributed by atoms with van der Waals surface area (Å²) < 4.78 is 2.96. The van der Waals surface area contributed by atoms with Crippen molar-refractivity contribution < 1.29 is 0 Å². The van der Waals surface area contributed by atoms with E-state index in [2.05, 4.69) is 16.6 Å². The maximum Gasteiger partial charge on any atom is 0.0795 e.